The van der Waals surface area contributed by atoms with Gasteiger partial charge in [0.05, 0.1) is 17.3 Å². The molecule has 2 aromatic carbocycles. The first-order valence-electron chi connectivity index (χ1n) is 8.36. The maximum Gasteiger partial charge on any atom is 0.332 e. The Hall–Kier alpha value is -2.74. The molecule has 0 aliphatic carbocycles. The Morgan fingerprint density at radius 3 is 2.56 bits per heavy atom. The van der Waals surface area contributed by atoms with Gasteiger partial charge in [0.15, 0.2) is 11.5 Å². The lowest BCUT2D eigenvalue weighted by atomic mass is 10.2. The molecule has 0 aliphatic heterocycles. The zero-order chi connectivity index (χ0) is 19.6. The fourth-order valence-electron chi connectivity index (χ4n) is 2.17. The highest BCUT2D eigenvalue weighted by molar-refractivity contribution is 9.10. The zero-order valence-corrected chi connectivity index (χ0v) is 16.8. The van der Waals surface area contributed by atoms with Crippen LogP contribution in [-0.4, -0.2) is 32.1 Å². The number of carbonyl (C=O) groups excluding carboxylic acids is 1. The van der Waals surface area contributed by atoms with Gasteiger partial charge in [-0.1, -0.05) is 17.7 Å². The van der Waals surface area contributed by atoms with Crippen molar-refractivity contribution in [2.24, 2.45) is 10.8 Å². The Balaban J connectivity index is 2.00. The van der Waals surface area contributed by atoms with Crippen molar-refractivity contribution in [3.8, 4) is 17.2 Å². The fourth-order valence-corrected chi connectivity index (χ4v) is 2.75. The lowest BCUT2D eigenvalue weighted by Gasteiger charge is -2.15. The largest absolute Gasteiger partial charge is 0.490 e. The number of halogens is 1. The summed E-state index contributed by atoms with van der Waals surface area (Å²) < 4.78 is 17.8. The summed E-state index contributed by atoms with van der Waals surface area (Å²) in [4.78, 5) is 10.7. The number of amides is 2. The van der Waals surface area contributed by atoms with Crippen molar-refractivity contribution < 1.29 is 19.0 Å². The summed E-state index contributed by atoms with van der Waals surface area (Å²) in [6, 6.07) is 10.7. The summed E-state index contributed by atoms with van der Waals surface area (Å²) in [7, 11) is 0. The first-order chi connectivity index (χ1) is 13.0. The molecule has 2 amide bonds. The molecule has 0 atom stereocenters. The number of hydrazone groups is 1. The van der Waals surface area contributed by atoms with E-state index in [1.807, 2.05) is 38.1 Å². The molecule has 0 saturated carbocycles. The molecule has 0 fully saturated rings. The summed E-state index contributed by atoms with van der Waals surface area (Å²) in [6.07, 6.45) is 1.46. The third kappa shape index (κ3) is 6.82. The van der Waals surface area contributed by atoms with Crippen LogP contribution in [0.4, 0.5) is 4.79 Å². The van der Waals surface area contributed by atoms with Gasteiger partial charge in [0.25, 0.3) is 0 Å². The standard InChI is InChI=1S/C19H22BrN3O4/c1-3-25-17-11-14(12-22-23-19(21)24)10-16(20)18(17)27-9-8-26-15-6-4-13(2)5-7-15/h4-7,10-12H,3,8-9H2,1-2H3,(H3,21,23,24)/b22-12-. The predicted molar refractivity (Wildman–Crippen MR) is 108 cm³/mol. The van der Waals surface area contributed by atoms with Gasteiger partial charge in [-0.25, -0.2) is 10.2 Å². The molecule has 0 spiro atoms. The molecule has 8 heteroatoms. The van der Waals surface area contributed by atoms with E-state index in [-0.39, 0.29) is 0 Å². The monoisotopic (exact) mass is 435 g/mol. The van der Waals surface area contributed by atoms with E-state index in [9.17, 15) is 4.79 Å². The lowest BCUT2D eigenvalue weighted by molar-refractivity contribution is 0.207. The van der Waals surface area contributed by atoms with Gasteiger partial charge < -0.3 is 19.9 Å². The van der Waals surface area contributed by atoms with Crippen molar-refractivity contribution in [2.45, 2.75) is 13.8 Å². The minimum atomic E-state index is -0.733. The molecular weight excluding hydrogens is 414 g/mol. The molecule has 0 aliphatic rings. The van der Waals surface area contributed by atoms with E-state index < -0.39 is 6.03 Å². The number of primary amides is 1. The van der Waals surface area contributed by atoms with E-state index in [1.165, 1.54) is 11.8 Å². The number of benzene rings is 2. The fraction of sp³-hybridized carbons (Fsp3) is 0.263. The Morgan fingerprint density at radius 1 is 1.19 bits per heavy atom. The molecule has 7 nitrogen and oxygen atoms in total. The highest BCUT2D eigenvalue weighted by atomic mass is 79.9. The number of nitrogens with two attached hydrogens (primary N) is 1. The number of nitrogens with zero attached hydrogens (tertiary/aromatic N) is 1. The van der Waals surface area contributed by atoms with Gasteiger partial charge in [-0.3, -0.25) is 0 Å². The van der Waals surface area contributed by atoms with Crippen LogP contribution in [0.3, 0.4) is 0 Å². The van der Waals surface area contributed by atoms with Gasteiger partial charge in [0.1, 0.15) is 19.0 Å². The van der Waals surface area contributed by atoms with Crippen molar-refractivity contribution >= 4 is 28.2 Å². The topological polar surface area (TPSA) is 95.2 Å². The van der Waals surface area contributed by atoms with E-state index in [2.05, 4.69) is 26.5 Å². The second kappa shape index (κ2) is 10.4. The van der Waals surface area contributed by atoms with Gasteiger partial charge in [-0.05, 0) is 59.6 Å². The number of hydrogen-bond donors (Lipinski definition) is 2. The second-order valence-corrected chi connectivity index (χ2v) is 6.36. The SMILES string of the molecule is CCOc1cc(/C=N\NC(N)=O)cc(Br)c1OCCOc1ccc(C)cc1. The van der Waals surface area contributed by atoms with Crippen molar-refractivity contribution in [1.29, 1.82) is 0 Å². The second-order valence-electron chi connectivity index (χ2n) is 5.51. The van der Waals surface area contributed by atoms with E-state index in [4.69, 9.17) is 19.9 Å². The number of nitrogens with one attached hydrogen (secondary N) is 1. The van der Waals surface area contributed by atoms with Gasteiger partial charge in [-0.15, -0.1) is 0 Å². The van der Waals surface area contributed by atoms with Crippen LogP contribution >= 0.6 is 15.9 Å². The van der Waals surface area contributed by atoms with Crippen LogP contribution in [-0.2, 0) is 0 Å². The van der Waals surface area contributed by atoms with Gasteiger partial charge in [0, 0.05) is 0 Å². The molecule has 144 valence electrons. The van der Waals surface area contributed by atoms with Crippen molar-refractivity contribution in [2.75, 3.05) is 19.8 Å². The Kier molecular flexibility index (Phi) is 7.94. The molecular formula is C19H22BrN3O4. The van der Waals surface area contributed by atoms with Gasteiger partial charge >= 0.3 is 6.03 Å². The van der Waals surface area contributed by atoms with Gasteiger partial charge in [0.2, 0.25) is 0 Å². The minimum absolute atomic E-state index is 0.350. The average molecular weight is 436 g/mol. The van der Waals surface area contributed by atoms with Crippen LogP contribution in [0, 0.1) is 6.92 Å². The summed E-state index contributed by atoms with van der Waals surface area (Å²) in [5.41, 5.74) is 9.01. The van der Waals surface area contributed by atoms with Crippen molar-refractivity contribution in [3.63, 3.8) is 0 Å². The maximum absolute atomic E-state index is 10.7. The number of rotatable bonds is 9. The molecule has 2 rings (SSSR count). The van der Waals surface area contributed by atoms with E-state index in [0.29, 0.717) is 41.4 Å². The first kappa shape index (κ1) is 20.6. The molecule has 0 saturated heterocycles. The number of ether oxygens (including phenoxy) is 3. The first-order valence-corrected chi connectivity index (χ1v) is 9.16. The molecule has 27 heavy (non-hydrogen) atoms. The summed E-state index contributed by atoms with van der Waals surface area (Å²) >= 11 is 3.47. The van der Waals surface area contributed by atoms with Crippen LogP contribution in [0.1, 0.15) is 18.1 Å². The summed E-state index contributed by atoms with van der Waals surface area (Å²) in [5, 5.41) is 3.74. The van der Waals surface area contributed by atoms with Crippen molar-refractivity contribution in [3.05, 3.63) is 52.0 Å². The minimum Gasteiger partial charge on any atom is -0.490 e. The quantitative estimate of drug-likeness (QED) is 0.357. The Bertz CT molecular complexity index is 794. The number of hydrogen-bond acceptors (Lipinski definition) is 5. The molecule has 0 heterocycles. The average Bonchev–Trinajstić information content (AvgIpc) is 2.62. The van der Waals surface area contributed by atoms with Crippen LogP contribution in [0.25, 0.3) is 0 Å². The lowest BCUT2D eigenvalue weighted by Crippen LogP contribution is -2.24. The summed E-state index contributed by atoms with van der Waals surface area (Å²) in [6.45, 7) is 5.13. The van der Waals surface area contributed by atoms with E-state index in [1.54, 1.807) is 12.1 Å². The number of aryl methyl sites for hydroxylation is 1. The number of carbonyl (C=O) groups is 1. The van der Waals surface area contributed by atoms with Crippen LogP contribution < -0.4 is 25.4 Å². The highest BCUT2D eigenvalue weighted by Crippen LogP contribution is 2.36. The molecule has 0 radical (unpaired) electrons. The molecule has 0 bridgehead atoms. The highest BCUT2D eigenvalue weighted by Gasteiger charge is 2.12. The molecule has 2 aromatic rings. The third-order valence-corrected chi connectivity index (χ3v) is 3.93. The normalized spacial score (nSPS) is 10.6. The Labute approximate surface area is 166 Å². The zero-order valence-electron chi connectivity index (χ0n) is 15.2. The van der Waals surface area contributed by atoms with Crippen LogP contribution in [0.15, 0.2) is 46.0 Å². The van der Waals surface area contributed by atoms with E-state index in [0.717, 1.165) is 5.75 Å². The van der Waals surface area contributed by atoms with Crippen LogP contribution in [0.2, 0.25) is 0 Å². The molecule has 0 unspecified atom stereocenters. The number of urea groups is 1. The van der Waals surface area contributed by atoms with Gasteiger partial charge in [-0.2, -0.15) is 5.10 Å². The van der Waals surface area contributed by atoms with Crippen molar-refractivity contribution in [1.82, 2.24) is 5.43 Å². The smallest absolute Gasteiger partial charge is 0.332 e. The van der Waals surface area contributed by atoms with Crippen LogP contribution in [0.5, 0.6) is 17.2 Å². The third-order valence-electron chi connectivity index (χ3n) is 3.34. The Morgan fingerprint density at radius 2 is 1.89 bits per heavy atom. The summed E-state index contributed by atoms with van der Waals surface area (Å²) in [5.74, 6) is 1.92. The predicted octanol–water partition coefficient (Wildman–Crippen LogP) is 3.62. The maximum atomic E-state index is 10.7. The van der Waals surface area contributed by atoms with E-state index >= 15 is 0 Å². The molecule has 0 aromatic heterocycles. The molecule has 3 N–H and O–H groups in total.